The molecule has 0 atom stereocenters. The lowest BCUT2D eigenvalue weighted by Crippen LogP contribution is -2.34. The number of rotatable bonds is 7. The molecule has 0 bridgehead atoms. The third-order valence-electron chi connectivity index (χ3n) is 3.16. The van der Waals surface area contributed by atoms with Crippen LogP contribution < -0.4 is 15.4 Å². The van der Waals surface area contributed by atoms with Crippen LogP contribution in [0.3, 0.4) is 0 Å². The average Bonchev–Trinajstić information content (AvgIpc) is 2.60. The predicted octanol–water partition coefficient (Wildman–Crippen LogP) is 3.99. The number of thiocarbonyl (C=S) groups is 1. The summed E-state index contributed by atoms with van der Waals surface area (Å²) in [6.45, 7) is 3.68. The summed E-state index contributed by atoms with van der Waals surface area (Å²) >= 11 is 8.53. The smallest absolute Gasteiger partial charge is 0.258 e. The molecule has 0 spiro atoms. The van der Waals surface area contributed by atoms with Crippen molar-refractivity contribution in [3.05, 3.63) is 58.6 Å². The molecular weight excluding hydrogens is 404 g/mol. The van der Waals surface area contributed by atoms with Gasteiger partial charge in [0.25, 0.3) is 5.91 Å². The normalized spacial score (nSPS) is 10.2. The fourth-order valence-electron chi connectivity index (χ4n) is 1.98. The van der Waals surface area contributed by atoms with Crippen LogP contribution >= 0.6 is 28.1 Å². The maximum atomic E-state index is 12.2. The zero-order chi connectivity index (χ0) is 18.1. The van der Waals surface area contributed by atoms with Gasteiger partial charge in [0.05, 0.1) is 12.2 Å². The Bertz CT molecular complexity index is 723. The molecule has 5 nitrogen and oxygen atoms in total. The fraction of sp³-hybridized carbons (Fsp3) is 0.222. The number of hydrogen-bond acceptors (Lipinski definition) is 4. The second-order valence-electron chi connectivity index (χ2n) is 4.96. The summed E-state index contributed by atoms with van der Waals surface area (Å²) in [5.41, 5.74) is 1.28. The van der Waals surface area contributed by atoms with Crippen molar-refractivity contribution in [2.45, 2.75) is 6.92 Å². The van der Waals surface area contributed by atoms with E-state index in [2.05, 4.69) is 26.6 Å². The summed E-state index contributed by atoms with van der Waals surface area (Å²) in [6, 6.07) is 14.5. The van der Waals surface area contributed by atoms with Gasteiger partial charge in [0.1, 0.15) is 12.4 Å². The number of carbonyl (C=O) groups excluding carboxylic acids is 1. The lowest BCUT2D eigenvalue weighted by Gasteiger charge is -2.11. The third kappa shape index (κ3) is 6.45. The van der Waals surface area contributed by atoms with Gasteiger partial charge in [0.15, 0.2) is 5.11 Å². The lowest BCUT2D eigenvalue weighted by atomic mass is 10.2. The first-order chi connectivity index (χ1) is 12.1. The molecule has 0 unspecified atom stereocenters. The van der Waals surface area contributed by atoms with Crippen LogP contribution in [0.4, 0.5) is 5.69 Å². The van der Waals surface area contributed by atoms with E-state index in [1.807, 2.05) is 37.3 Å². The summed E-state index contributed by atoms with van der Waals surface area (Å²) in [4.78, 5) is 12.2. The van der Waals surface area contributed by atoms with Gasteiger partial charge in [-0.1, -0.05) is 12.1 Å². The van der Waals surface area contributed by atoms with Crippen molar-refractivity contribution in [3.63, 3.8) is 0 Å². The minimum atomic E-state index is -0.277. The van der Waals surface area contributed by atoms with Crippen molar-refractivity contribution < 1.29 is 14.3 Å². The molecule has 132 valence electrons. The zero-order valence-corrected chi connectivity index (χ0v) is 16.2. The first-order valence-electron chi connectivity index (χ1n) is 7.77. The second-order valence-corrected chi connectivity index (χ2v) is 6.22. The molecule has 2 aromatic carbocycles. The van der Waals surface area contributed by atoms with Crippen molar-refractivity contribution in [3.8, 4) is 5.75 Å². The highest BCUT2D eigenvalue weighted by Gasteiger charge is 2.10. The number of amides is 1. The molecule has 1 amide bonds. The highest BCUT2D eigenvalue weighted by Crippen LogP contribution is 2.17. The number of benzene rings is 2. The van der Waals surface area contributed by atoms with Crippen LogP contribution in [0.2, 0.25) is 0 Å². The fourth-order valence-corrected chi connectivity index (χ4v) is 2.65. The minimum absolute atomic E-state index is 0.228. The molecule has 0 aliphatic heterocycles. The molecule has 0 saturated carbocycles. The van der Waals surface area contributed by atoms with E-state index >= 15 is 0 Å². The largest absolute Gasteiger partial charge is 0.491 e. The van der Waals surface area contributed by atoms with Crippen molar-refractivity contribution in [2.24, 2.45) is 0 Å². The van der Waals surface area contributed by atoms with Crippen molar-refractivity contribution in [2.75, 3.05) is 25.1 Å². The Labute approximate surface area is 160 Å². The van der Waals surface area contributed by atoms with Gasteiger partial charge in [0, 0.05) is 16.8 Å². The van der Waals surface area contributed by atoms with Gasteiger partial charge in [-0.2, -0.15) is 0 Å². The van der Waals surface area contributed by atoms with E-state index < -0.39 is 0 Å². The van der Waals surface area contributed by atoms with Gasteiger partial charge in [-0.05, 0) is 71.5 Å². The summed E-state index contributed by atoms with van der Waals surface area (Å²) in [6.07, 6.45) is 0. The van der Waals surface area contributed by atoms with E-state index in [1.54, 1.807) is 18.2 Å². The maximum absolute atomic E-state index is 12.2. The summed E-state index contributed by atoms with van der Waals surface area (Å²) < 4.78 is 11.5. The van der Waals surface area contributed by atoms with E-state index in [0.29, 0.717) is 29.9 Å². The number of anilines is 1. The highest BCUT2D eigenvalue weighted by atomic mass is 79.9. The van der Waals surface area contributed by atoms with Gasteiger partial charge in [-0.3, -0.25) is 10.1 Å². The molecule has 0 saturated heterocycles. The maximum Gasteiger partial charge on any atom is 0.258 e. The number of nitrogens with one attached hydrogen (secondary N) is 2. The topological polar surface area (TPSA) is 59.6 Å². The molecule has 0 aromatic heterocycles. The Balaban J connectivity index is 1.84. The molecule has 2 N–H and O–H groups in total. The second kappa shape index (κ2) is 10.1. The van der Waals surface area contributed by atoms with Crippen molar-refractivity contribution in [1.82, 2.24) is 5.32 Å². The monoisotopic (exact) mass is 422 g/mol. The van der Waals surface area contributed by atoms with Crippen molar-refractivity contribution >= 4 is 44.9 Å². The van der Waals surface area contributed by atoms with Crippen LogP contribution in [-0.4, -0.2) is 30.8 Å². The Morgan fingerprint density at radius 1 is 1.12 bits per heavy atom. The Morgan fingerprint density at radius 2 is 1.84 bits per heavy atom. The van der Waals surface area contributed by atoms with Gasteiger partial charge in [0.2, 0.25) is 0 Å². The molecule has 0 heterocycles. The molecule has 2 aromatic rings. The Morgan fingerprint density at radius 3 is 2.52 bits per heavy atom. The first-order valence-corrected chi connectivity index (χ1v) is 8.97. The molecule has 25 heavy (non-hydrogen) atoms. The number of carbonyl (C=O) groups is 1. The quantitative estimate of drug-likeness (QED) is 0.521. The summed E-state index contributed by atoms with van der Waals surface area (Å²) in [7, 11) is 0. The van der Waals surface area contributed by atoms with Crippen LogP contribution in [0, 0.1) is 0 Å². The minimum Gasteiger partial charge on any atom is -0.491 e. The third-order valence-corrected chi connectivity index (χ3v) is 4.05. The SMILES string of the molecule is CCOCCOc1ccc(NC(=S)NC(=O)c2ccccc2Br)cc1. The van der Waals surface area contributed by atoms with Crippen LogP contribution in [0.15, 0.2) is 53.0 Å². The molecule has 2 rings (SSSR count). The average molecular weight is 423 g/mol. The van der Waals surface area contributed by atoms with Gasteiger partial charge in [-0.15, -0.1) is 0 Å². The van der Waals surface area contributed by atoms with E-state index in [0.717, 1.165) is 11.4 Å². The van der Waals surface area contributed by atoms with Crippen LogP contribution in [0.1, 0.15) is 17.3 Å². The number of halogens is 1. The van der Waals surface area contributed by atoms with Crippen LogP contribution in [0.5, 0.6) is 5.75 Å². The lowest BCUT2D eigenvalue weighted by molar-refractivity contribution is 0.0977. The predicted molar refractivity (Wildman–Crippen MR) is 106 cm³/mol. The molecule has 0 fully saturated rings. The van der Waals surface area contributed by atoms with E-state index in [1.165, 1.54) is 0 Å². The zero-order valence-electron chi connectivity index (χ0n) is 13.8. The number of ether oxygens (including phenoxy) is 2. The molecule has 0 radical (unpaired) electrons. The Kier molecular flexibility index (Phi) is 7.84. The molecule has 0 aliphatic carbocycles. The standard InChI is InChI=1S/C18H19BrN2O3S/c1-2-23-11-12-24-14-9-7-13(8-10-14)20-18(25)21-17(22)15-5-3-4-6-16(15)19/h3-10H,2,11-12H2,1H3,(H2,20,21,22,25). The van der Waals surface area contributed by atoms with Crippen molar-refractivity contribution in [1.29, 1.82) is 0 Å². The molecule has 7 heteroatoms. The summed E-state index contributed by atoms with van der Waals surface area (Å²) in [5.74, 6) is 0.467. The van der Waals surface area contributed by atoms with E-state index in [9.17, 15) is 4.79 Å². The Hall–Kier alpha value is -1.96. The van der Waals surface area contributed by atoms with Crippen LogP contribution in [0.25, 0.3) is 0 Å². The van der Waals surface area contributed by atoms with Crippen LogP contribution in [-0.2, 0) is 4.74 Å². The van der Waals surface area contributed by atoms with E-state index in [-0.39, 0.29) is 11.0 Å². The van der Waals surface area contributed by atoms with Gasteiger partial charge < -0.3 is 14.8 Å². The van der Waals surface area contributed by atoms with Gasteiger partial charge in [-0.25, -0.2) is 0 Å². The number of hydrogen-bond donors (Lipinski definition) is 2. The molecule has 0 aliphatic rings. The van der Waals surface area contributed by atoms with E-state index in [4.69, 9.17) is 21.7 Å². The first kappa shape index (κ1) is 19.4. The van der Waals surface area contributed by atoms with Gasteiger partial charge >= 0.3 is 0 Å². The molecular formula is C18H19BrN2O3S. The summed E-state index contributed by atoms with van der Waals surface area (Å²) in [5, 5.41) is 5.85. The highest BCUT2D eigenvalue weighted by molar-refractivity contribution is 9.10.